The van der Waals surface area contributed by atoms with Crippen LogP contribution in [-0.4, -0.2) is 57.3 Å². The number of carbonyl (C=O) groups is 3. The third-order valence-electron chi connectivity index (χ3n) is 4.18. The van der Waals surface area contributed by atoms with Crippen LogP contribution in [0.15, 0.2) is 29.2 Å². The molecule has 1 aliphatic rings. The number of carbonyl (C=O) groups excluding carboxylic acids is 3. The number of rotatable bonds is 7. The number of sulfonamides is 1. The minimum Gasteiger partial charge on any atom is -0.383 e. The first-order chi connectivity index (χ1) is 12.6. The van der Waals surface area contributed by atoms with E-state index in [-0.39, 0.29) is 29.2 Å². The van der Waals surface area contributed by atoms with Crippen molar-refractivity contribution in [1.82, 2.24) is 9.62 Å². The van der Waals surface area contributed by atoms with Crippen molar-refractivity contribution in [1.29, 1.82) is 0 Å². The van der Waals surface area contributed by atoms with Crippen LogP contribution in [0.2, 0.25) is 0 Å². The van der Waals surface area contributed by atoms with Crippen molar-refractivity contribution in [2.75, 3.05) is 25.6 Å². The van der Waals surface area contributed by atoms with E-state index in [1.165, 1.54) is 24.3 Å². The molecule has 2 rings (SSSR count). The summed E-state index contributed by atoms with van der Waals surface area (Å²) in [6, 6.07) is 5.31. The second kappa shape index (κ2) is 8.49. The molecule has 1 heterocycles. The molecule has 0 unspecified atom stereocenters. The minimum absolute atomic E-state index is 0.0914. The van der Waals surface area contributed by atoms with Gasteiger partial charge in [0.25, 0.3) is 10.0 Å². The number of ether oxygens (including phenoxy) is 1. The predicted octanol–water partition coefficient (Wildman–Crippen LogP) is 0.333. The van der Waals surface area contributed by atoms with E-state index in [9.17, 15) is 22.8 Å². The molecule has 0 spiro atoms. The van der Waals surface area contributed by atoms with Gasteiger partial charge < -0.3 is 15.0 Å². The SMILES string of the molecule is COC[C@H](C)N1C[C@@H](C(=O)Nc2ccc(S(=O)(=O)NC(C)=O)cc2)CC1=O. The van der Waals surface area contributed by atoms with Gasteiger partial charge in [0, 0.05) is 32.7 Å². The summed E-state index contributed by atoms with van der Waals surface area (Å²) < 4.78 is 30.7. The molecule has 1 aromatic carbocycles. The lowest BCUT2D eigenvalue weighted by Crippen LogP contribution is -2.38. The van der Waals surface area contributed by atoms with Crippen LogP contribution in [0.5, 0.6) is 0 Å². The normalized spacial score (nSPS) is 18.3. The molecule has 0 aromatic heterocycles. The van der Waals surface area contributed by atoms with Crippen LogP contribution in [0, 0.1) is 5.92 Å². The van der Waals surface area contributed by atoms with Crippen molar-refractivity contribution in [2.24, 2.45) is 5.92 Å². The van der Waals surface area contributed by atoms with Gasteiger partial charge in [-0.25, -0.2) is 13.1 Å². The smallest absolute Gasteiger partial charge is 0.264 e. The third kappa shape index (κ3) is 5.27. The van der Waals surface area contributed by atoms with Gasteiger partial charge in [-0.1, -0.05) is 0 Å². The Morgan fingerprint density at radius 3 is 2.48 bits per heavy atom. The van der Waals surface area contributed by atoms with Crippen molar-refractivity contribution < 1.29 is 27.5 Å². The number of nitrogens with zero attached hydrogens (tertiary/aromatic N) is 1. The molecular weight excluding hydrogens is 374 g/mol. The van der Waals surface area contributed by atoms with Crippen molar-refractivity contribution in [3.05, 3.63) is 24.3 Å². The Hall–Kier alpha value is -2.46. The van der Waals surface area contributed by atoms with Gasteiger partial charge in [-0.05, 0) is 31.2 Å². The number of hydrogen-bond acceptors (Lipinski definition) is 6. The number of likely N-dealkylation sites (tertiary alicyclic amines) is 1. The first-order valence-electron chi connectivity index (χ1n) is 8.36. The van der Waals surface area contributed by atoms with Gasteiger partial charge in [0.05, 0.1) is 23.5 Å². The van der Waals surface area contributed by atoms with Gasteiger partial charge in [0.2, 0.25) is 17.7 Å². The molecule has 1 aliphatic heterocycles. The lowest BCUT2D eigenvalue weighted by atomic mass is 10.1. The summed E-state index contributed by atoms with van der Waals surface area (Å²) in [5, 5.41) is 2.68. The van der Waals surface area contributed by atoms with Crippen molar-refractivity contribution >= 4 is 33.4 Å². The summed E-state index contributed by atoms with van der Waals surface area (Å²) in [7, 11) is -2.37. The largest absolute Gasteiger partial charge is 0.383 e. The topological polar surface area (TPSA) is 122 Å². The summed E-state index contributed by atoms with van der Waals surface area (Å²) in [6.07, 6.45) is 0.120. The summed E-state index contributed by atoms with van der Waals surface area (Å²) in [6.45, 7) is 3.66. The van der Waals surface area contributed by atoms with Crippen LogP contribution in [-0.2, 0) is 29.1 Å². The molecule has 10 heteroatoms. The zero-order valence-corrected chi connectivity index (χ0v) is 16.2. The Balaban J connectivity index is 2.00. The maximum atomic E-state index is 12.4. The van der Waals surface area contributed by atoms with Crippen LogP contribution in [0.25, 0.3) is 0 Å². The second-order valence-corrected chi connectivity index (χ2v) is 8.11. The predicted molar refractivity (Wildman–Crippen MR) is 97.2 cm³/mol. The molecule has 0 saturated carbocycles. The van der Waals surface area contributed by atoms with Gasteiger partial charge in [0.1, 0.15) is 0 Å². The molecule has 0 bridgehead atoms. The highest BCUT2D eigenvalue weighted by Crippen LogP contribution is 2.22. The molecule has 0 radical (unpaired) electrons. The van der Waals surface area contributed by atoms with E-state index in [1.807, 2.05) is 11.6 Å². The molecule has 2 atom stereocenters. The van der Waals surface area contributed by atoms with Gasteiger partial charge in [-0.3, -0.25) is 14.4 Å². The summed E-state index contributed by atoms with van der Waals surface area (Å²) in [4.78, 5) is 37.0. The van der Waals surface area contributed by atoms with Crippen LogP contribution in [0.3, 0.4) is 0 Å². The first-order valence-corrected chi connectivity index (χ1v) is 9.85. The maximum Gasteiger partial charge on any atom is 0.264 e. The van der Waals surface area contributed by atoms with Gasteiger partial charge in [-0.15, -0.1) is 0 Å². The fourth-order valence-electron chi connectivity index (χ4n) is 2.87. The number of benzene rings is 1. The third-order valence-corrected chi connectivity index (χ3v) is 5.63. The standard InChI is InChI=1S/C17H23N3O6S/c1-11(10-26-3)20-9-13(8-16(20)22)17(23)18-14-4-6-15(7-5-14)27(24,25)19-12(2)21/h4-7,11,13H,8-10H2,1-3H3,(H,18,23)(H,19,21)/t11-,13-/m0/s1. The molecule has 3 amide bonds. The molecular formula is C17H23N3O6S. The van der Waals surface area contributed by atoms with E-state index < -0.39 is 21.8 Å². The van der Waals surface area contributed by atoms with Gasteiger partial charge in [-0.2, -0.15) is 0 Å². The molecule has 9 nitrogen and oxygen atoms in total. The van der Waals surface area contributed by atoms with E-state index in [0.29, 0.717) is 18.8 Å². The van der Waals surface area contributed by atoms with Crippen LogP contribution >= 0.6 is 0 Å². The monoisotopic (exact) mass is 397 g/mol. The lowest BCUT2D eigenvalue weighted by Gasteiger charge is -2.23. The Morgan fingerprint density at radius 1 is 1.30 bits per heavy atom. The molecule has 148 valence electrons. The Morgan fingerprint density at radius 2 is 1.93 bits per heavy atom. The summed E-state index contributed by atoms with van der Waals surface area (Å²) in [5.41, 5.74) is 0.401. The zero-order chi connectivity index (χ0) is 20.2. The number of anilines is 1. The molecule has 1 aromatic rings. The highest BCUT2D eigenvalue weighted by Gasteiger charge is 2.36. The van der Waals surface area contributed by atoms with Crippen LogP contribution < -0.4 is 10.0 Å². The fourth-order valence-corrected chi connectivity index (χ4v) is 3.86. The number of amides is 3. The maximum absolute atomic E-state index is 12.4. The number of methoxy groups -OCH3 is 1. The first kappa shape index (κ1) is 20.8. The number of hydrogen-bond donors (Lipinski definition) is 2. The fraction of sp³-hybridized carbons (Fsp3) is 0.471. The van der Waals surface area contributed by atoms with E-state index >= 15 is 0 Å². The quantitative estimate of drug-likeness (QED) is 0.684. The zero-order valence-electron chi connectivity index (χ0n) is 15.4. The summed E-state index contributed by atoms with van der Waals surface area (Å²) in [5.74, 6) is -1.59. The van der Waals surface area contributed by atoms with Crippen molar-refractivity contribution in [3.63, 3.8) is 0 Å². The van der Waals surface area contributed by atoms with E-state index in [1.54, 1.807) is 12.0 Å². The van der Waals surface area contributed by atoms with Crippen LogP contribution in [0.4, 0.5) is 5.69 Å². The average Bonchev–Trinajstić information content (AvgIpc) is 2.96. The van der Waals surface area contributed by atoms with Gasteiger partial charge in [0.15, 0.2) is 0 Å². The van der Waals surface area contributed by atoms with E-state index in [0.717, 1.165) is 6.92 Å². The molecule has 0 aliphatic carbocycles. The Kier molecular flexibility index (Phi) is 6.55. The van der Waals surface area contributed by atoms with Crippen LogP contribution in [0.1, 0.15) is 20.3 Å². The number of nitrogens with one attached hydrogen (secondary N) is 2. The highest BCUT2D eigenvalue weighted by molar-refractivity contribution is 7.90. The minimum atomic E-state index is -3.93. The van der Waals surface area contributed by atoms with Crippen molar-refractivity contribution in [2.45, 2.75) is 31.2 Å². The summed E-state index contributed by atoms with van der Waals surface area (Å²) >= 11 is 0. The van der Waals surface area contributed by atoms with E-state index in [2.05, 4.69) is 5.32 Å². The average molecular weight is 397 g/mol. The lowest BCUT2D eigenvalue weighted by molar-refractivity contribution is -0.130. The molecule has 1 fully saturated rings. The molecule has 27 heavy (non-hydrogen) atoms. The Labute approximate surface area is 158 Å². The molecule has 2 N–H and O–H groups in total. The highest BCUT2D eigenvalue weighted by atomic mass is 32.2. The molecule has 1 saturated heterocycles. The van der Waals surface area contributed by atoms with E-state index in [4.69, 9.17) is 4.74 Å². The van der Waals surface area contributed by atoms with Gasteiger partial charge >= 0.3 is 0 Å². The van der Waals surface area contributed by atoms with Crippen molar-refractivity contribution in [3.8, 4) is 0 Å². The Bertz CT molecular complexity index is 822. The second-order valence-electron chi connectivity index (χ2n) is 6.43.